The molecule has 3 fully saturated rings. The van der Waals surface area contributed by atoms with Crippen LogP contribution in [-0.4, -0.2) is 27.8 Å². The molecule has 4 nitrogen and oxygen atoms in total. The lowest BCUT2D eigenvalue weighted by Gasteiger charge is -2.45. The molecule has 124 valence electrons. The second-order valence-electron chi connectivity index (χ2n) is 7.04. The molecule has 1 atom stereocenters. The molecule has 1 aliphatic heterocycles. The van der Waals surface area contributed by atoms with Crippen LogP contribution >= 0.6 is 12.2 Å². The molecule has 3 rings (SSSR count). The van der Waals surface area contributed by atoms with Gasteiger partial charge in [-0.3, -0.25) is 4.79 Å². The minimum absolute atomic E-state index is 0.0762. The number of rotatable bonds is 1. The van der Waals surface area contributed by atoms with Crippen molar-refractivity contribution in [1.29, 1.82) is 0 Å². The lowest BCUT2D eigenvalue weighted by Crippen LogP contribution is -2.59. The van der Waals surface area contributed by atoms with E-state index in [1.54, 1.807) is 0 Å². The summed E-state index contributed by atoms with van der Waals surface area (Å²) in [5, 5.41) is 16.4. The van der Waals surface area contributed by atoms with Crippen molar-refractivity contribution in [3.8, 4) is 0 Å². The van der Waals surface area contributed by atoms with Crippen LogP contribution in [0.2, 0.25) is 0 Å². The number of carbonyl (C=O) groups is 1. The van der Waals surface area contributed by atoms with Crippen molar-refractivity contribution in [2.45, 2.75) is 57.6 Å². The summed E-state index contributed by atoms with van der Waals surface area (Å²) < 4.78 is 0. The van der Waals surface area contributed by atoms with Crippen LogP contribution in [-0.2, 0) is 4.79 Å². The number of carbonyl (C=O) groups excluding carboxylic acids is 1. The minimum atomic E-state index is -0.842. The number of allylic oxidation sites excluding steroid dienone is 3. The highest BCUT2D eigenvalue weighted by Gasteiger charge is 2.66. The Kier molecular flexibility index (Phi) is 3.97. The van der Waals surface area contributed by atoms with Crippen molar-refractivity contribution in [2.24, 2.45) is 5.41 Å². The van der Waals surface area contributed by atoms with Gasteiger partial charge in [-0.1, -0.05) is 24.3 Å². The third-order valence-electron chi connectivity index (χ3n) is 5.74. The summed E-state index contributed by atoms with van der Waals surface area (Å²) in [6.45, 7) is 8.25. The standard InChI is InChI=1S/C18H24N2O2S/c1-4-11(2)9-14-12(3)10-17(7-5-13(21)6-8-17)18(14)15(22)19-16(23)20-18/h4,9,13,21H,3,5-8,10H2,1-2H3,(H2,19,20,22,23)/b11-4-,14-9+. The van der Waals surface area contributed by atoms with Gasteiger partial charge in [0.25, 0.3) is 5.91 Å². The summed E-state index contributed by atoms with van der Waals surface area (Å²) in [4.78, 5) is 13.0. The highest BCUT2D eigenvalue weighted by atomic mass is 32.1. The van der Waals surface area contributed by atoms with Gasteiger partial charge in [-0.05, 0) is 69.3 Å². The number of fused-ring (bicyclic) bond motifs is 1. The van der Waals surface area contributed by atoms with Crippen molar-refractivity contribution in [3.05, 3.63) is 35.5 Å². The first kappa shape index (κ1) is 16.4. The minimum Gasteiger partial charge on any atom is -0.393 e. The fourth-order valence-corrected chi connectivity index (χ4v) is 4.68. The van der Waals surface area contributed by atoms with Gasteiger partial charge < -0.3 is 15.7 Å². The predicted octanol–water partition coefficient (Wildman–Crippen LogP) is 2.50. The summed E-state index contributed by atoms with van der Waals surface area (Å²) in [6, 6.07) is 0. The molecule has 23 heavy (non-hydrogen) atoms. The fraction of sp³-hybridized carbons (Fsp3) is 0.556. The molecule has 2 saturated carbocycles. The van der Waals surface area contributed by atoms with E-state index in [2.05, 4.69) is 23.3 Å². The molecule has 1 saturated heterocycles. The highest BCUT2D eigenvalue weighted by molar-refractivity contribution is 7.80. The average molecular weight is 332 g/mol. The molecule has 2 spiro atoms. The lowest BCUT2D eigenvalue weighted by atomic mass is 9.62. The van der Waals surface area contributed by atoms with Crippen molar-refractivity contribution >= 4 is 23.2 Å². The zero-order valence-corrected chi connectivity index (χ0v) is 14.6. The number of hydrogen-bond donors (Lipinski definition) is 3. The Hall–Kier alpha value is -1.46. The van der Waals surface area contributed by atoms with Crippen LogP contribution in [0.5, 0.6) is 0 Å². The average Bonchev–Trinajstić information content (AvgIpc) is 2.92. The number of aliphatic hydroxyl groups excluding tert-OH is 1. The van der Waals surface area contributed by atoms with Gasteiger partial charge in [0.2, 0.25) is 0 Å². The van der Waals surface area contributed by atoms with Crippen molar-refractivity contribution < 1.29 is 9.90 Å². The number of amides is 1. The molecule has 3 aliphatic rings. The van der Waals surface area contributed by atoms with E-state index in [9.17, 15) is 9.90 Å². The molecule has 2 aliphatic carbocycles. The van der Waals surface area contributed by atoms with E-state index in [1.807, 2.05) is 19.9 Å². The van der Waals surface area contributed by atoms with E-state index >= 15 is 0 Å². The van der Waals surface area contributed by atoms with Crippen LogP contribution in [0, 0.1) is 5.41 Å². The predicted molar refractivity (Wildman–Crippen MR) is 94.8 cm³/mol. The first-order valence-corrected chi connectivity index (χ1v) is 8.60. The molecule has 1 amide bonds. The molecule has 3 N–H and O–H groups in total. The number of nitrogens with one attached hydrogen (secondary N) is 2. The Morgan fingerprint density at radius 2 is 2.09 bits per heavy atom. The quantitative estimate of drug-likeness (QED) is 0.646. The molecule has 0 aromatic rings. The van der Waals surface area contributed by atoms with E-state index in [1.165, 1.54) is 0 Å². The van der Waals surface area contributed by atoms with Gasteiger partial charge in [-0.15, -0.1) is 0 Å². The number of thiocarbonyl (C=S) groups is 1. The van der Waals surface area contributed by atoms with E-state index in [4.69, 9.17) is 12.2 Å². The summed E-state index contributed by atoms with van der Waals surface area (Å²) in [6.07, 6.45) is 7.60. The molecule has 0 aromatic carbocycles. The zero-order valence-electron chi connectivity index (χ0n) is 13.7. The van der Waals surface area contributed by atoms with Crippen LogP contribution in [0.15, 0.2) is 35.5 Å². The Bertz CT molecular complexity index is 641. The van der Waals surface area contributed by atoms with Crippen molar-refractivity contribution in [1.82, 2.24) is 10.6 Å². The van der Waals surface area contributed by atoms with E-state index in [-0.39, 0.29) is 17.4 Å². The monoisotopic (exact) mass is 332 g/mol. The summed E-state index contributed by atoms with van der Waals surface area (Å²) in [5.41, 5.74) is 1.94. The molecule has 1 heterocycles. The lowest BCUT2D eigenvalue weighted by molar-refractivity contribution is -0.127. The van der Waals surface area contributed by atoms with Gasteiger partial charge in [-0.25, -0.2) is 0 Å². The number of hydrogen-bond acceptors (Lipinski definition) is 3. The first-order chi connectivity index (χ1) is 10.8. The van der Waals surface area contributed by atoms with E-state index < -0.39 is 5.54 Å². The van der Waals surface area contributed by atoms with Gasteiger partial charge in [0.1, 0.15) is 0 Å². The molecule has 0 radical (unpaired) electrons. The van der Waals surface area contributed by atoms with Crippen LogP contribution in [0.3, 0.4) is 0 Å². The third-order valence-corrected chi connectivity index (χ3v) is 5.94. The number of aliphatic hydroxyl groups is 1. The third kappa shape index (κ3) is 2.29. The zero-order chi connectivity index (χ0) is 16.8. The molecule has 0 aromatic heterocycles. The van der Waals surface area contributed by atoms with Gasteiger partial charge in [0.15, 0.2) is 10.7 Å². The van der Waals surface area contributed by atoms with Crippen LogP contribution in [0.1, 0.15) is 46.0 Å². The van der Waals surface area contributed by atoms with Crippen LogP contribution in [0.25, 0.3) is 0 Å². The van der Waals surface area contributed by atoms with Crippen LogP contribution in [0.4, 0.5) is 0 Å². The van der Waals surface area contributed by atoms with Gasteiger partial charge in [-0.2, -0.15) is 0 Å². The molecular formula is C18H24N2O2S. The second-order valence-corrected chi connectivity index (χ2v) is 7.45. The van der Waals surface area contributed by atoms with Gasteiger partial charge in [0.05, 0.1) is 6.10 Å². The normalized spacial score (nSPS) is 39.4. The largest absolute Gasteiger partial charge is 0.393 e. The first-order valence-electron chi connectivity index (χ1n) is 8.19. The fourth-order valence-electron chi connectivity index (χ4n) is 4.43. The maximum absolute atomic E-state index is 13.0. The molecule has 5 heteroatoms. The molecule has 1 unspecified atom stereocenters. The smallest absolute Gasteiger partial charge is 0.257 e. The SMILES string of the molecule is C=C1CC2(CCC(O)CC2)C2(NC(=S)NC2=O)/C1=C/C(C)=C\C. The Labute approximate surface area is 142 Å². The van der Waals surface area contributed by atoms with Gasteiger partial charge >= 0.3 is 0 Å². The second kappa shape index (κ2) is 5.56. The summed E-state index contributed by atoms with van der Waals surface area (Å²) in [7, 11) is 0. The van der Waals surface area contributed by atoms with Crippen molar-refractivity contribution in [2.75, 3.05) is 0 Å². The Balaban J connectivity index is 2.16. The molecule has 0 bridgehead atoms. The van der Waals surface area contributed by atoms with Gasteiger partial charge in [0, 0.05) is 5.41 Å². The maximum atomic E-state index is 13.0. The highest BCUT2D eigenvalue weighted by Crippen LogP contribution is 2.60. The Morgan fingerprint density at radius 1 is 1.43 bits per heavy atom. The summed E-state index contributed by atoms with van der Waals surface area (Å²) >= 11 is 5.25. The topological polar surface area (TPSA) is 61.4 Å². The van der Waals surface area contributed by atoms with E-state index in [0.29, 0.717) is 18.0 Å². The van der Waals surface area contributed by atoms with Crippen LogP contribution < -0.4 is 10.6 Å². The van der Waals surface area contributed by atoms with Crippen molar-refractivity contribution in [3.63, 3.8) is 0 Å². The maximum Gasteiger partial charge on any atom is 0.257 e. The van der Waals surface area contributed by atoms with E-state index in [0.717, 1.165) is 36.0 Å². The Morgan fingerprint density at radius 3 is 2.61 bits per heavy atom. The molecular weight excluding hydrogens is 308 g/mol. The summed E-state index contributed by atoms with van der Waals surface area (Å²) in [5.74, 6) is -0.0762.